The molecular weight excluding hydrogens is 392 g/mol. The number of nitrogens with one attached hydrogen (secondary N) is 1. The third-order valence-corrected chi connectivity index (χ3v) is 7.76. The van der Waals surface area contributed by atoms with Crippen molar-refractivity contribution in [3.63, 3.8) is 0 Å². The number of carbonyl (C=O) groups excluding carboxylic acids is 1. The van der Waals surface area contributed by atoms with E-state index in [1.165, 1.54) is 9.20 Å². The van der Waals surface area contributed by atoms with Gasteiger partial charge in [-0.25, -0.2) is 8.42 Å². The first-order valence-electron chi connectivity index (χ1n) is 9.61. The second-order valence-electron chi connectivity index (χ2n) is 6.75. The van der Waals surface area contributed by atoms with Crippen molar-refractivity contribution in [2.45, 2.75) is 41.5 Å². The topological polar surface area (TPSA) is 66.5 Å². The van der Waals surface area contributed by atoms with Gasteiger partial charge in [0.1, 0.15) is 6.04 Å². The summed E-state index contributed by atoms with van der Waals surface area (Å²) in [5, 5.41) is 2.93. The molecule has 150 valence electrons. The Labute approximate surface area is 171 Å². The van der Waals surface area contributed by atoms with Crippen molar-refractivity contribution in [2.24, 2.45) is 0 Å². The first-order valence-corrected chi connectivity index (χ1v) is 12.0. The zero-order chi connectivity index (χ0) is 19.8. The monoisotopic (exact) mass is 418 g/mol. The van der Waals surface area contributed by atoms with Crippen LogP contribution in [0, 0.1) is 0 Å². The quantitative estimate of drug-likeness (QED) is 0.526. The predicted octanol–water partition coefficient (Wildman–Crippen LogP) is 3.53. The number of amides is 1. The molecule has 0 spiro atoms. The van der Waals surface area contributed by atoms with Crippen LogP contribution < -0.4 is 5.32 Å². The Bertz CT molecular complexity index is 858. The van der Waals surface area contributed by atoms with Gasteiger partial charge < -0.3 is 5.32 Å². The molecule has 0 saturated carbocycles. The molecule has 1 atom stereocenters. The second-order valence-corrected chi connectivity index (χ2v) is 9.81. The molecule has 1 fully saturated rings. The minimum Gasteiger partial charge on any atom is -0.355 e. The number of piperidine rings is 1. The number of hydrogen-bond acceptors (Lipinski definition) is 4. The number of nitrogens with zero attached hydrogens (tertiary/aromatic N) is 1. The van der Waals surface area contributed by atoms with Crippen LogP contribution in [0.25, 0.3) is 0 Å². The molecule has 5 nitrogen and oxygen atoms in total. The predicted molar refractivity (Wildman–Crippen MR) is 113 cm³/mol. The van der Waals surface area contributed by atoms with Crippen LogP contribution >= 0.6 is 11.8 Å². The molecule has 0 radical (unpaired) electrons. The summed E-state index contributed by atoms with van der Waals surface area (Å²) >= 11 is 1.75. The van der Waals surface area contributed by atoms with Gasteiger partial charge in [-0.2, -0.15) is 4.31 Å². The van der Waals surface area contributed by atoms with Crippen LogP contribution in [-0.4, -0.2) is 43.5 Å². The van der Waals surface area contributed by atoms with Gasteiger partial charge in [-0.3, -0.25) is 4.79 Å². The number of sulfonamides is 1. The molecule has 1 aliphatic heterocycles. The van der Waals surface area contributed by atoms with Crippen molar-refractivity contribution >= 4 is 27.7 Å². The molecule has 2 aromatic rings. The lowest BCUT2D eigenvalue weighted by Gasteiger charge is -2.33. The Morgan fingerprint density at radius 2 is 1.71 bits per heavy atom. The first-order chi connectivity index (χ1) is 13.6. The van der Waals surface area contributed by atoms with Crippen molar-refractivity contribution in [3.05, 3.63) is 60.7 Å². The minimum absolute atomic E-state index is 0.191. The minimum atomic E-state index is -3.66. The average molecular weight is 419 g/mol. The van der Waals surface area contributed by atoms with Gasteiger partial charge in [0, 0.05) is 18.0 Å². The molecule has 28 heavy (non-hydrogen) atoms. The van der Waals surface area contributed by atoms with Crippen molar-refractivity contribution in [2.75, 3.05) is 18.8 Å². The summed E-state index contributed by atoms with van der Waals surface area (Å²) in [6.45, 7) is 0.938. The molecule has 1 N–H and O–H groups in total. The third kappa shape index (κ3) is 5.37. The SMILES string of the molecule is O=C(NCCCSc1ccccc1)C1CCCCN1S(=O)(=O)c1ccccc1. The summed E-state index contributed by atoms with van der Waals surface area (Å²) in [5.41, 5.74) is 0. The van der Waals surface area contributed by atoms with Crippen molar-refractivity contribution in [3.8, 4) is 0 Å². The summed E-state index contributed by atoms with van der Waals surface area (Å²) in [4.78, 5) is 14.1. The number of carbonyl (C=O) groups is 1. The largest absolute Gasteiger partial charge is 0.355 e. The average Bonchev–Trinajstić information content (AvgIpc) is 2.75. The van der Waals surface area contributed by atoms with E-state index in [1.54, 1.807) is 42.1 Å². The Kier molecular flexibility index (Phi) is 7.53. The fourth-order valence-corrected chi connectivity index (χ4v) is 5.84. The Morgan fingerprint density at radius 3 is 2.43 bits per heavy atom. The number of rotatable bonds is 8. The molecular formula is C21H26N2O3S2. The second kappa shape index (κ2) is 10.1. The molecule has 0 aliphatic carbocycles. The van der Waals surface area contributed by atoms with Gasteiger partial charge in [0.15, 0.2) is 0 Å². The Morgan fingerprint density at radius 1 is 1.04 bits per heavy atom. The highest BCUT2D eigenvalue weighted by Gasteiger charge is 2.37. The lowest BCUT2D eigenvalue weighted by Crippen LogP contribution is -2.51. The standard InChI is InChI=1S/C21H26N2O3S2/c24-21(22-15-9-17-27-18-10-3-1-4-11-18)20-14-7-8-16-23(20)28(25,26)19-12-5-2-6-13-19/h1-6,10-13,20H,7-9,14-17H2,(H,22,24). The maximum absolute atomic E-state index is 13.0. The van der Waals surface area contributed by atoms with E-state index < -0.39 is 16.1 Å². The highest BCUT2D eigenvalue weighted by molar-refractivity contribution is 7.99. The normalized spacial score (nSPS) is 17.9. The van der Waals surface area contributed by atoms with Gasteiger partial charge in [-0.05, 0) is 49.3 Å². The summed E-state index contributed by atoms with van der Waals surface area (Å²) in [5.74, 6) is 0.713. The lowest BCUT2D eigenvalue weighted by molar-refractivity contribution is -0.125. The fourth-order valence-electron chi connectivity index (χ4n) is 3.29. The van der Waals surface area contributed by atoms with Gasteiger partial charge in [-0.1, -0.05) is 42.8 Å². The first kappa shape index (κ1) is 20.9. The summed E-state index contributed by atoms with van der Waals surface area (Å²) in [6.07, 6.45) is 3.05. The molecule has 1 saturated heterocycles. The number of hydrogen-bond donors (Lipinski definition) is 1. The number of thioether (sulfide) groups is 1. The van der Waals surface area contributed by atoms with Gasteiger partial charge in [0.2, 0.25) is 15.9 Å². The molecule has 7 heteroatoms. The molecule has 0 aromatic heterocycles. The molecule has 1 unspecified atom stereocenters. The lowest BCUT2D eigenvalue weighted by atomic mass is 10.0. The van der Waals surface area contributed by atoms with Gasteiger partial charge >= 0.3 is 0 Å². The van der Waals surface area contributed by atoms with Gasteiger partial charge in [0.05, 0.1) is 4.90 Å². The van der Waals surface area contributed by atoms with E-state index in [9.17, 15) is 13.2 Å². The van der Waals surface area contributed by atoms with E-state index in [-0.39, 0.29) is 10.8 Å². The van der Waals surface area contributed by atoms with Crippen LogP contribution in [0.15, 0.2) is 70.5 Å². The summed E-state index contributed by atoms with van der Waals surface area (Å²) < 4.78 is 27.3. The van der Waals surface area contributed by atoms with Crippen molar-refractivity contribution < 1.29 is 13.2 Å². The molecule has 1 heterocycles. The molecule has 1 amide bonds. The zero-order valence-corrected chi connectivity index (χ0v) is 17.4. The summed E-state index contributed by atoms with van der Waals surface area (Å²) in [7, 11) is -3.66. The molecule has 2 aromatic carbocycles. The van der Waals surface area contributed by atoms with Crippen molar-refractivity contribution in [1.29, 1.82) is 0 Å². The van der Waals surface area contributed by atoms with Crippen molar-refractivity contribution in [1.82, 2.24) is 9.62 Å². The highest BCUT2D eigenvalue weighted by Crippen LogP contribution is 2.25. The van der Waals surface area contributed by atoms with E-state index in [0.717, 1.165) is 25.0 Å². The van der Waals surface area contributed by atoms with Crippen LogP contribution in [0.3, 0.4) is 0 Å². The zero-order valence-electron chi connectivity index (χ0n) is 15.8. The van der Waals surface area contributed by atoms with Gasteiger partial charge in [-0.15, -0.1) is 11.8 Å². The Balaban J connectivity index is 1.54. The van der Waals surface area contributed by atoms with E-state index in [2.05, 4.69) is 17.4 Å². The Hall–Kier alpha value is -1.83. The van der Waals surface area contributed by atoms with E-state index in [0.29, 0.717) is 19.5 Å². The van der Waals surface area contributed by atoms with Crippen LogP contribution in [-0.2, 0) is 14.8 Å². The maximum Gasteiger partial charge on any atom is 0.243 e. The van der Waals surface area contributed by atoms with E-state index >= 15 is 0 Å². The van der Waals surface area contributed by atoms with Crippen LogP contribution in [0.2, 0.25) is 0 Å². The van der Waals surface area contributed by atoms with Crippen LogP contribution in [0.5, 0.6) is 0 Å². The molecule has 1 aliphatic rings. The number of benzene rings is 2. The summed E-state index contributed by atoms with van der Waals surface area (Å²) in [6, 6.07) is 17.9. The van der Waals surface area contributed by atoms with E-state index in [4.69, 9.17) is 0 Å². The highest BCUT2D eigenvalue weighted by atomic mass is 32.2. The maximum atomic E-state index is 13.0. The molecule has 3 rings (SSSR count). The van der Waals surface area contributed by atoms with E-state index in [1.807, 2.05) is 18.2 Å². The smallest absolute Gasteiger partial charge is 0.243 e. The van der Waals surface area contributed by atoms with Gasteiger partial charge in [0.25, 0.3) is 0 Å². The fraction of sp³-hybridized carbons (Fsp3) is 0.381. The third-order valence-electron chi connectivity index (χ3n) is 4.74. The van der Waals surface area contributed by atoms with Crippen LogP contribution in [0.4, 0.5) is 0 Å². The molecule has 0 bridgehead atoms. The van der Waals surface area contributed by atoms with Crippen LogP contribution in [0.1, 0.15) is 25.7 Å².